The van der Waals surface area contributed by atoms with Gasteiger partial charge in [-0.2, -0.15) is 0 Å². The van der Waals surface area contributed by atoms with E-state index >= 15 is 0 Å². The summed E-state index contributed by atoms with van der Waals surface area (Å²) in [6.07, 6.45) is 0. The highest BCUT2D eigenvalue weighted by Gasteiger charge is 2.24. The molecule has 0 unspecified atom stereocenters. The number of nitrogens with zero attached hydrogens (tertiary/aromatic N) is 3. The first kappa shape index (κ1) is 27.7. The number of benzene rings is 8. The lowest BCUT2D eigenvalue weighted by Crippen LogP contribution is -2.01. The number of hydrogen-bond acceptors (Lipinski definition) is 5. The monoisotopic (exact) mass is 663 g/mol. The molecule has 5 nitrogen and oxygen atoms in total. The molecular weight excluding hydrogens is 639 g/mol. The molecule has 52 heavy (non-hydrogen) atoms. The smallest absolute Gasteiger partial charge is 0.164 e. The molecule has 3 aromatic heterocycles. The number of hydrogen-bond donors (Lipinski definition) is 0. The Hall–Kier alpha value is -7.11. The van der Waals surface area contributed by atoms with Crippen molar-refractivity contribution < 1.29 is 8.83 Å². The fourth-order valence-electron chi connectivity index (χ4n) is 8.33. The lowest BCUT2D eigenvalue weighted by molar-refractivity contribution is 0.669. The summed E-state index contributed by atoms with van der Waals surface area (Å²) in [5.74, 6) is 1.81. The standard InChI is InChI=1S/C47H25N3O2/c1-3-18-39-30(12-1)38-25-36-27(24-42(38)52-39)11-7-16-33(36)46-48-45(28-21-22-29-31-14-5-9-26-10-6-15-32(43(26)31)37(29)23-28)49-47(50-46)35-17-8-20-41-44(35)34-13-2-4-19-40(34)51-41/h1-25H. The molecule has 1 aliphatic carbocycles. The molecule has 1 aliphatic rings. The number of furan rings is 2. The van der Waals surface area contributed by atoms with Crippen LogP contribution in [0.3, 0.4) is 0 Å². The molecule has 0 aliphatic heterocycles. The Morgan fingerprint density at radius 2 is 0.923 bits per heavy atom. The van der Waals surface area contributed by atoms with E-state index in [4.69, 9.17) is 23.8 Å². The number of para-hydroxylation sites is 2. The van der Waals surface area contributed by atoms with Crippen LogP contribution < -0.4 is 0 Å². The lowest BCUT2D eigenvalue weighted by atomic mass is 10.00. The van der Waals surface area contributed by atoms with Crippen LogP contribution in [0.1, 0.15) is 0 Å². The summed E-state index contributed by atoms with van der Waals surface area (Å²) in [7, 11) is 0. The summed E-state index contributed by atoms with van der Waals surface area (Å²) in [6.45, 7) is 0. The minimum atomic E-state index is 0.592. The molecule has 8 aromatic carbocycles. The highest BCUT2D eigenvalue weighted by molar-refractivity contribution is 6.16. The normalized spacial score (nSPS) is 12.2. The van der Waals surface area contributed by atoms with Crippen LogP contribution in [0.15, 0.2) is 160 Å². The van der Waals surface area contributed by atoms with Gasteiger partial charge in [0.15, 0.2) is 17.5 Å². The van der Waals surface area contributed by atoms with E-state index in [0.717, 1.165) is 71.3 Å². The van der Waals surface area contributed by atoms with Crippen molar-refractivity contribution in [3.63, 3.8) is 0 Å². The number of aromatic nitrogens is 3. The molecule has 0 fully saturated rings. The Balaban J connectivity index is 1.13. The van der Waals surface area contributed by atoms with E-state index in [9.17, 15) is 0 Å². The van der Waals surface area contributed by atoms with Gasteiger partial charge in [-0.15, -0.1) is 0 Å². The van der Waals surface area contributed by atoms with E-state index in [1.54, 1.807) is 0 Å². The SMILES string of the molecule is c1cc(-c2nc(-c3ccc4c(c3)-c3cccc5cccc-4c35)nc(-c3cccc4oc5ccccc5c34)n2)c2cc3c(cc2c1)oc1ccccc13. The van der Waals surface area contributed by atoms with Crippen LogP contribution in [0.25, 0.3) is 122 Å². The molecule has 5 heteroatoms. The lowest BCUT2D eigenvalue weighted by Gasteiger charge is -2.12. The van der Waals surface area contributed by atoms with Crippen LogP contribution >= 0.6 is 0 Å². The minimum absolute atomic E-state index is 0.592. The van der Waals surface area contributed by atoms with E-state index in [0.29, 0.717) is 17.5 Å². The van der Waals surface area contributed by atoms with Gasteiger partial charge in [-0.3, -0.25) is 0 Å². The maximum Gasteiger partial charge on any atom is 0.164 e. The maximum atomic E-state index is 6.30. The minimum Gasteiger partial charge on any atom is -0.456 e. The van der Waals surface area contributed by atoms with Crippen LogP contribution in [-0.2, 0) is 0 Å². The average Bonchev–Trinajstić information content (AvgIpc) is 3.87. The molecule has 0 bridgehead atoms. The van der Waals surface area contributed by atoms with E-state index in [-0.39, 0.29) is 0 Å². The van der Waals surface area contributed by atoms with Crippen molar-refractivity contribution in [1.29, 1.82) is 0 Å². The molecular formula is C47H25N3O2. The first-order valence-corrected chi connectivity index (χ1v) is 17.4. The van der Waals surface area contributed by atoms with Crippen LogP contribution in [-0.4, -0.2) is 15.0 Å². The van der Waals surface area contributed by atoms with Gasteiger partial charge >= 0.3 is 0 Å². The molecule has 0 atom stereocenters. The van der Waals surface area contributed by atoms with Crippen LogP contribution in [0, 0.1) is 0 Å². The van der Waals surface area contributed by atoms with E-state index in [1.165, 1.54) is 33.0 Å². The quantitative estimate of drug-likeness (QED) is 0.188. The second kappa shape index (κ2) is 10.2. The maximum absolute atomic E-state index is 6.30. The molecule has 0 saturated heterocycles. The molecule has 12 rings (SSSR count). The van der Waals surface area contributed by atoms with Gasteiger partial charge in [-0.25, -0.2) is 15.0 Å². The largest absolute Gasteiger partial charge is 0.456 e. The van der Waals surface area contributed by atoms with E-state index in [1.807, 2.05) is 48.5 Å². The Morgan fingerprint density at radius 3 is 1.77 bits per heavy atom. The zero-order valence-corrected chi connectivity index (χ0v) is 27.6. The third-order valence-corrected chi connectivity index (χ3v) is 10.7. The number of fused-ring (bicyclic) bond motifs is 10. The Labute approximate surface area is 296 Å². The summed E-state index contributed by atoms with van der Waals surface area (Å²) in [5.41, 5.74) is 11.0. The van der Waals surface area contributed by atoms with E-state index < -0.39 is 0 Å². The average molecular weight is 664 g/mol. The van der Waals surface area contributed by atoms with Crippen molar-refractivity contribution >= 4 is 65.4 Å². The summed E-state index contributed by atoms with van der Waals surface area (Å²) >= 11 is 0. The number of rotatable bonds is 3. The van der Waals surface area contributed by atoms with Gasteiger partial charge in [-0.1, -0.05) is 115 Å². The van der Waals surface area contributed by atoms with Gasteiger partial charge in [0.25, 0.3) is 0 Å². The molecule has 11 aromatic rings. The van der Waals surface area contributed by atoms with E-state index in [2.05, 4.69) is 103 Å². The summed E-state index contributed by atoms with van der Waals surface area (Å²) in [4.78, 5) is 15.8. The Kier molecular flexibility index (Phi) is 5.44. The van der Waals surface area contributed by atoms with Crippen molar-refractivity contribution in [1.82, 2.24) is 15.0 Å². The van der Waals surface area contributed by atoms with Crippen molar-refractivity contribution in [2.45, 2.75) is 0 Å². The topological polar surface area (TPSA) is 65.0 Å². The molecule has 3 heterocycles. The highest BCUT2D eigenvalue weighted by Crippen LogP contribution is 2.48. The van der Waals surface area contributed by atoms with Gasteiger partial charge in [0.05, 0.1) is 0 Å². The third kappa shape index (κ3) is 3.85. The third-order valence-electron chi connectivity index (χ3n) is 10.7. The zero-order valence-electron chi connectivity index (χ0n) is 27.6. The van der Waals surface area contributed by atoms with Gasteiger partial charge in [0.1, 0.15) is 22.3 Å². The van der Waals surface area contributed by atoms with Crippen LogP contribution in [0.2, 0.25) is 0 Å². The fraction of sp³-hybridized carbons (Fsp3) is 0. The first-order chi connectivity index (χ1) is 25.7. The predicted octanol–water partition coefficient (Wildman–Crippen LogP) is 12.6. The molecule has 0 amide bonds. The first-order valence-electron chi connectivity index (χ1n) is 17.4. The fourth-order valence-corrected chi connectivity index (χ4v) is 8.33. The second-order valence-corrected chi connectivity index (χ2v) is 13.5. The van der Waals surface area contributed by atoms with Crippen molar-refractivity contribution in [2.75, 3.05) is 0 Å². The molecule has 0 N–H and O–H groups in total. The second-order valence-electron chi connectivity index (χ2n) is 13.5. The highest BCUT2D eigenvalue weighted by atomic mass is 16.3. The molecule has 240 valence electrons. The van der Waals surface area contributed by atoms with Crippen molar-refractivity contribution in [3.05, 3.63) is 152 Å². The molecule has 0 saturated carbocycles. The summed E-state index contributed by atoms with van der Waals surface area (Å²) in [6, 6.07) is 52.7. The summed E-state index contributed by atoms with van der Waals surface area (Å²) in [5, 5.41) is 8.80. The Morgan fingerprint density at radius 1 is 0.308 bits per heavy atom. The van der Waals surface area contributed by atoms with Crippen molar-refractivity contribution in [2.24, 2.45) is 0 Å². The summed E-state index contributed by atoms with van der Waals surface area (Å²) < 4.78 is 12.6. The Bertz CT molecular complexity index is 3310. The predicted molar refractivity (Wildman–Crippen MR) is 210 cm³/mol. The van der Waals surface area contributed by atoms with Gasteiger partial charge in [0, 0.05) is 38.2 Å². The van der Waals surface area contributed by atoms with Crippen molar-refractivity contribution in [3.8, 4) is 56.4 Å². The van der Waals surface area contributed by atoms with Gasteiger partial charge in [0.2, 0.25) is 0 Å². The zero-order chi connectivity index (χ0) is 33.9. The van der Waals surface area contributed by atoms with Gasteiger partial charge in [-0.05, 0) is 80.2 Å². The van der Waals surface area contributed by atoms with Crippen LogP contribution in [0.5, 0.6) is 0 Å². The van der Waals surface area contributed by atoms with Crippen LogP contribution in [0.4, 0.5) is 0 Å². The molecule has 0 spiro atoms. The van der Waals surface area contributed by atoms with Gasteiger partial charge < -0.3 is 8.83 Å². The molecule has 0 radical (unpaired) electrons.